The van der Waals surface area contributed by atoms with Crippen molar-refractivity contribution < 1.29 is 18.3 Å². The number of methoxy groups -OCH3 is 1. The number of hydrogen-bond acceptors (Lipinski definition) is 9. The molecule has 1 aromatic heterocycles. The minimum absolute atomic E-state index is 0.0136. The van der Waals surface area contributed by atoms with E-state index in [0.29, 0.717) is 42.1 Å². The number of ether oxygens (including phenoxy) is 1. The van der Waals surface area contributed by atoms with Gasteiger partial charge >= 0.3 is 0 Å². The summed E-state index contributed by atoms with van der Waals surface area (Å²) < 4.78 is 33.8. The summed E-state index contributed by atoms with van der Waals surface area (Å²) in [7, 11) is 1.60. The van der Waals surface area contributed by atoms with Crippen LogP contribution < -0.4 is 31.3 Å². The monoisotopic (exact) mass is 538 g/mol. The number of halogens is 2. The maximum absolute atomic E-state index is 14.4. The molecule has 5 rings (SSSR count). The molecule has 2 aliphatic heterocycles. The summed E-state index contributed by atoms with van der Waals surface area (Å²) in [6.45, 7) is 8.92. The Hall–Kier alpha value is -4.19. The average Bonchev–Trinajstić information content (AvgIpc) is 3.40. The highest BCUT2D eigenvalue weighted by atomic mass is 19.2. The van der Waals surface area contributed by atoms with E-state index >= 15 is 0 Å². The first kappa shape index (κ1) is 26.4. The van der Waals surface area contributed by atoms with Gasteiger partial charge in [-0.1, -0.05) is 0 Å². The summed E-state index contributed by atoms with van der Waals surface area (Å²) in [5, 5.41) is 9.37. The second kappa shape index (κ2) is 10.9. The Morgan fingerprint density at radius 1 is 1.08 bits per heavy atom. The van der Waals surface area contributed by atoms with E-state index in [1.165, 1.54) is 6.07 Å². The first-order valence-corrected chi connectivity index (χ1v) is 12.9. The molecule has 10 nitrogen and oxygen atoms in total. The number of nitrogens with zero attached hydrogens (tertiary/aromatic N) is 4. The first-order valence-electron chi connectivity index (χ1n) is 12.9. The lowest BCUT2D eigenvalue weighted by atomic mass is 10.1. The number of piperazine rings is 1. The molecule has 1 fully saturated rings. The van der Waals surface area contributed by atoms with Crippen LogP contribution in [0.25, 0.3) is 0 Å². The van der Waals surface area contributed by atoms with E-state index < -0.39 is 23.1 Å². The molecule has 12 heteroatoms. The Bertz CT molecular complexity index is 1390. The lowest BCUT2D eigenvalue weighted by Gasteiger charge is -2.38. The van der Waals surface area contributed by atoms with Gasteiger partial charge in [0.2, 0.25) is 5.95 Å². The average molecular weight is 539 g/mol. The minimum atomic E-state index is -1.31. The SMILES string of the molecule is COc1cc(N2CCN(C(C)C)CC2)ccc1Nc1nc2c(c(Nc3ccc(F)c(F)c3C(N)=O)n1)CCN2. The maximum atomic E-state index is 14.4. The van der Waals surface area contributed by atoms with Gasteiger partial charge in [-0.15, -0.1) is 0 Å². The van der Waals surface area contributed by atoms with Crippen molar-refractivity contribution in [2.24, 2.45) is 5.73 Å². The molecule has 0 radical (unpaired) electrons. The van der Waals surface area contributed by atoms with E-state index in [-0.39, 0.29) is 11.6 Å². The number of carbonyl (C=O) groups excluding carboxylic acids is 1. The third kappa shape index (κ3) is 5.37. The predicted molar refractivity (Wildman–Crippen MR) is 148 cm³/mol. The molecule has 5 N–H and O–H groups in total. The van der Waals surface area contributed by atoms with Crippen molar-refractivity contribution in [3.8, 4) is 5.75 Å². The highest BCUT2D eigenvalue weighted by molar-refractivity contribution is 5.99. The summed E-state index contributed by atoms with van der Waals surface area (Å²) in [5.74, 6) is -1.75. The molecular weight excluding hydrogens is 506 g/mol. The number of anilines is 6. The number of carbonyl (C=O) groups is 1. The lowest BCUT2D eigenvalue weighted by Crippen LogP contribution is -2.48. The van der Waals surface area contributed by atoms with Crippen molar-refractivity contribution in [2.45, 2.75) is 26.3 Å². The molecule has 0 bridgehead atoms. The van der Waals surface area contributed by atoms with Crippen molar-refractivity contribution in [1.29, 1.82) is 0 Å². The lowest BCUT2D eigenvalue weighted by molar-refractivity contribution is 0.0996. The molecule has 1 saturated heterocycles. The number of fused-ring (bicyclic) bond motifs is 1. The van der Waals surface area contributed by atoms with Gasteiger partial charge in [-0.3, -0.25) is 9.69 Å². The Labute approximate surface area is 225 Å². The van der Waals surface area contributed by atoms with Crippen LogP contribution in [0, 0.1) is 11.6 Å². The Morgan fingerprint density at radius 3 is 2.51 bits per heavy atom. The number of rotatable bonds is 8. The third-order valence-corrected chi connectivity index (χ3v) is 7.11. The highest BCUT2D eigenvalue weighted by Crippen LogP contribution is 2.35. The van der Waals surface area contributed by atoms with Crippen molar-refractivity contribution in [1.82, 2.24) is 14.9 Å². The zero-order chi connectivity index (χ0) is 27.7. The smallest absolute Gasteiger partial charge is 0.253 e. The van der Waals surface area contributed by atoms with Crippen LogP contribution in [-0.2, 0) is 6.42 Å². The van der Waals surface area contributed by atoms with Gasteiger partial charge in [-0.05, 0) is 44.5 Å². The quantitative estimate of drug-likeness (QED) is 0.339. The normalized spacial score (nSPS) is 15.2. The second-order valence-corrected chi connectivity index (χ2v) is 9.80. The Balaban J connectivity index is 1.41. The Kier molecular flexibility index (Phi) is 7.38. The number of nitrogens with one attached hydrogen (secondary N) is 3. The zero-order valence-corrected chi connectivity index (χ0v) is 22.1. The number of amides is 1. The van der Waals surface area contributed by atoms with E-state index in [0.717, 1.165) is 43.5 Å². The van der Waals surface area contributed by atoms with Crippen LogP contribution in [-0.4, -0.2) is 66.7 Å². The zero-order valence-electron chi connectivity index (χ0n) is 22.1. The Morgan fingerprint density at radius 2 is 1.82 bits per heavy atom. The van der Waals surface area contributed by atoms with Gasteiger partial charge in [0.05, 0.1) is 18.5 Å². The number of benzene rings is 2. The van der Waals surface area contributed by atoms with Crippen molar-refractivity contribution in [3.05, 3.63) is 53.1 Å². The summed E-state index contributed by atoms with van der Waals surface area (Å²) in [5.41, 5.74) is 7.26. The number of primary amides is 1. The molecule has 206 valence electrons. The van der Waals surface area contributed by atoms with Crippen molar-refractivity contribution >= 4 is 40.6 Å². The van der Waals surface area contributed by atoms with E-state index in [4.69, 9.17) is 10.5 Å². The summed E-state index contributed by atoms with van der Waals surface area (Å²) >= 11 is 0. The summed E-state index contributed by atoms with van der Waals surface area (Å²) in [6, 6.07) is 8.64. The second-order valence-electron chi connectivity index (χ2n) is 9.80. The fraction of sp³-hybridized carbons (Fsp3) is 0.370. The third-order valence-electron chi connectivity index (χ3n) is 7.11. The minimum Gasteiger partial charge on any atom is -0.494 e. The van der Waals surface area contributed by atoms with Crippen LogP contribution in [0.3, 0.4) is 0 Å². The molecule has 2 aromatic carbocycles. The topological polar surface area (TPSA) is 121 Å². The van der Waals surface area contributed by atoms with Crippen molar-refractivity contribution in [2.75, 3.05) is 60.7 Å². The van der Waals surface area contributed by atoms with Gasteiger partial charge in [-0.2, -0.15) is 9.97 Å². The van der Waals surface area contributed by atoms with Crippen LogP contribution in [0.15, 0.2) is 30.3 Å². The molecule has 3 heterocycles. The standard InChI is InChI=1S/C27H32F2N8O2/c1-15(2)36-10-12-37(13-11-36)16-4-6-19(21(14-16)39-3)33-27-34-25-17(8-9-31-25)26(35-27)32-20-7-5-18(28)23(29)22(20)24(30)38/h4-7,14-15H,8-13H2,1-3H3,(H2,30,38)(H3,31,32,33,34,35). The van der Waals surface area contributed by atoms with Gasteiger partial charge in [0.1, 0.15) is 22.9 Å². The van der Waals surface area contributed by atoms with Crippen LogP contribution in [0.4, 0.5) is 43.4 Å². The van der Waals surface area contributed by atoms with Gasteiger partial charge < -0.3 is 31.3 Å². The molecule has 0 spiro atoms. The molecule has 39 heavy (non-hydrogen) atoms. The molecule has 3 aromatic rings. The van der Waals surface area contributed by atoms with Gasteiger partial charge in [-0.25, -0.2) is 8.78 Å². The highest BCUT2D eigenvalue weighted by Gasteiger charge is 2.24. The summed E-state index contributed by atoms with van der Waals surface area (Å²) in [6.07, 6.45) is 0.607. The molecular formula is C27H32F2N8O2. The van der Waals surface area contributed by atoms with E-state index in [9.17, 15) is 13.6 Å². The largest absolute Gasteiger partial charge is 0.494 e. The van der Waals surface area contributed by atoms with Crippen LogP contribution in [0.5, 0.6) is 5.75 Å². The number of nitrogens with two attached hydrogens (primary N) is 1. The molecule has 2 aliphatic rings. The van der Waals surface area contributed by atoms with E-state index in [2.05, 4.69) is 49.6 Å². The summed E-state index contributed by atoms with van der Waals surface area (Å²) in [4.78, 5) is 25.8. The van der Waals surface area contributed by atoms with Gasteiger partial charge in [0, 0.05) is 56.1 Å². The first-order chi connectivity index (χ1) is 18.7. The van der Waals surface area contributed by atoms with Crippen LogP contribution in [0.1, 0.15) is 29.8 Å². The molecule has 1 amide bonds. The van der Waals surface area contributed by atoms with Crippen LogP contribution >= 0.6 is 0 Å². The van der Waals surface area contributed by atoms with Gasteiger partial charge in [0.25, 0.3) is 5.91 Å². The fourth-order valence-electron chi connectivity index (χ4n) is 4.95. The molecule has 0 aliphatic carbocycles. The van der Waals surface area contributed by atoms with E-state index in [1.807, 2.05) is 18.2 Å². The van der Waals surface area contributed by atoms with Crippen LogP contribution in [0.2, 0.25) is 0 Å². The number of hydrogen-bond donors (Lipinski definition) is 4. The maximum Gasteiger partial charge on any atom is 0.253 e. The fourth-order valence-corrected chi connectivity index (χ4v) is 4.95. The molecule has 0 atom stereocenters. The molecule has 0 unspecified atom stereocenters. The van der Waals surface area contributed by atoms with E-state index in [1.54, 1.807) is 7.11 Å². The van der Waals surface area contributed by atoms with Crippen molar-refractivity contribution in [3.63, 3.8) is 0 Å². The molecule has 0 saturated carbocycles. The predicted octanol–water partition coefficient (Wildman–Crippen LogP) is 3.85. The van der Waals surface area contributed by atoms with Gasteiger partial charge in [0.15, 0.2) is 11.6 Å². The number of aromatic nitrogens is 2.